The van der Waals surface area contributed by atoms with Gasteiger partial charge in [0.15, 0.2) is 0 Å². The summed E-state index contributed by atoms with van der Waals surface area (Å²) in [6.45, 7) is 0.430. The Hall–Kier alpha value is -1.82. The number of halogens is 1. The molecule has 3 N–H and O–H groups in total. The molecule has 7 heteroatoms. The Bertz CT molecular complexity index is 492. The summed E-state index contributed by atoms with van der Waals surface area (Å²) >= 11 is 5.73. The molecule has 0 spiro atoms. The largest absolute Gasteiger partial charge is 0.478 e. The van der Waals surface area contributed by atoms with Crippen LogP contribution in [0.5, 0.6) is 0 Å². The van der Waals surface area contributed by atoms with Gasteiger partial charge in [0.2, 0.25) is 5.91 Å². The summed E-state index contributed by atoms with van der Waals surface area (Å²) in [6.07, 6.45) is 1.23. The van der Waals surface area contributed by atoms with Crippen molar-refractivity contribution in [1.82, 2.24) is 10.3 Å². The van der Waals surface area contributed by atoms with Gasteiger partial charge in [-0.15, -0.1) is 0 Å². The van der Waals surface area contributed by atoms with Crippen molar-refractivity contribution in [3.05, 3.63) is 22.8 Å². The van der Waals surface area contributed by atoms with E-state index in [4.69, 9.17) is 16.7 Å². The van der Waals surface area contributed by atoms with E-state index in [0.29, 0.717) is 13.0 Å². The predicted molar refractivity (Wildman–Crippen MR) is 65.9 cm³/mol. The molecule has 1 aromatic rings. The van der Waals surface area contributed by atoms with Crippen LogP contribution in [-0.4, -0.2) is 34.6 Å². The number of hydrogen-bond donors (Lipinski definition) is 3. The molecular formula is C11H12ClN3O3. The van der Waals surface area contributed by atoms with Crippen LogP contribution in [0.25, 0.3) is 0 Å². The number of aromatic nitrogens is 1. The van der Waals surface area contributed by atoms with Crippen LogP contribution in [0.15, 0.2) is 12.1 Å². The smallest absolute Gasteiger partial charge is 0.339 e. The van der Waals surface area contributed by atoms with Crippen LogP contribution in [0.2, 0.25) is 5.15 Å². The van der Waals surface area contributed by atoms with Crippen molar-refractivity contribution in [2.75, 3.05) is 11.9 Å². The lowest BCUT2D eigenvalue weighted by atomic mass is 10.2. The third-order valence-electron chi connectivity index (χ3n) is 2.69. The molecule has 0 bridgehead atoms. The quantitative estimate of drug-likeness (QED) is 0.713. The number of carbonyl (C=O) groups is 2. The molecule has 1 atom stereocenters. The first kappa shape index (κ1) is 12.6. The summed E-state index contributed by atoms with van der Waals surface area (Å²) in [5.74, 6) is -0.840. The van der Waals surface area contributed by atoms with Gasteiger partial charge >= 0.3 is 5.97 Å². The van der Waals surface area contributed by atoms with Crippen molar-refractivity contribution >= 4 is 29.3 Å². The molecule has 1 unspecified atom stereocenters. The first-order valence-electron chi connectivity index (χ1n) is 5.49. The summed E-state index contributed by atoms with van der Waals surface area (Å²) in [7, 11) is 0. The molecule has 1 aliphatic rings. The second kappa shape index (κ2) is 5.22. The number of amides is 1. The van der Waals surface area contributed by atoms with E-state index in [1.807, 2.05) is 0 Å². The van der Waals surface area contributed by atoms with E-state index in [2.05, 4.69) is 15.6 Å². The van der Waals surface area contributed by atoms with Gasteiger partial charge in [-0.05, 0) is 18.6 Å². The minimum absolute atomic E-state index is 0.0000680. The van der Waals surface area contributed by atoms with Gasteiger partial charge in [-0.3, -0.25) is 4.79 Å². The zero-order valence-electron chi connectivity index (χ0n) is 9.44. The molecule has 0 radical (unpaired) electrons. The number of rotatable bonds is 4. The lowest BCUT2D eigenvalue weighted by Gasteiger charge is -2.13. The average molecular weight is 270 g/mol. The molecule has 1 saturated heterocycles. The van der Waals surface area contributed by atoms with Gasteiger partial charge in [0.1, 0.15) is 16.5 Å². The highest BCUT2D eigenvalue weighted by Crippen LogP contribution is 2.17. The van der Waals surface area contributed by atoms with E-state index in [9.17, 15) is 9.59 Å². The Morgan fingerprint density at radius 1 is 1.61 bits per heavy atom. The lowest BCUT2D eigenvalue weighted by Crippen LogP contribution is -2.32. The molecule has 1 amide bonds. The number of carboxylic acid groups (broad SMARTS) is 1. The van der Waals surface area contributed by atoms with E-state index >= 15 is 0 Å². The molecule has 18 heavy (non-hydrogen) atoms. The van der Waals surface area contributed by atoms with Crippen LogP contribution in [0, 0.1) is 0 Å². The fourth-order valence-electron chi connectivity index (χ4n) is 1.79. The molecule has 1 fully saturated rings. The predicted octanol–water partition coefficient (Wildman–Crippen LogP) is 1.12. The van der Waals surface area contributed by atoms with Gasteiger partial charge in [-0.1, -0.05) is 11.6 Å². The van der Waals surface area contributed by atoms with Crippen LogP contribution < -0.4 is 10.6 Å². The Kier molecular flexibility index (Phi) is 3.66. The highest BCUT2D eigenvalue weighted by atomic mass is 35.5. The van der Waals surface area contributed by atoms with Crippen molar-refractivity contribution in [2.45, 2.75) is 18.9 Å². The zero-order valence-corrected chi connectivity index (χ0v) is 10.2. The first-order valence-corrected chi connectivity index (χ1v) is 5.87. The van der Waals surface area contributed by atoms with E-state index in [-0.39, 0.29) is 28.5 Å². The molecule has 0 saturated carbocycles. The van der Waals surface area contributed by atoms with Crippen LogP contribution in [0.1, 0.15) is 23.2 Å². The number of carboxylic acids is 1. The highest BCUT2D eigenvalue weighted by Gasteiger charge is 2.21. The maximum atomic E-state index is 11.0. The van der Waals surface area contributed by atoms with Crippen LogP contribution in [0.4, 0.5) is 5.82 Å². The standard InChI is InChI=1S/C11H12ClN3O3/c12-8-3-2-7(11(17)18)10(15-8)13-5-6-1-4-9(16)14-6/h2-3,6H,1,4-5H2,(H,13,15)(H,14,16)(H,17,18). The van der Waals surface area contributed by atoms with Gasteiger partial charge in [0.05, 0.1) is 0 Å². The van der Waals surface area contributed by atoms with E-state index in [0.717, 1.165) is 6.42 Å². The Morgan fingerprint density at radius 3 is 3.00 bits per heavy atom. The van der Waals surface area contributed by atoms with Crippen molar-refractivity contribution in [1.29, 1.82) is 0 Å². The third-order valence-corrected chi connectivity index (χ3v) is 2.90. The van der Waals surface area contributed by atoms with Crippen molar-refractivity contribution in [2.24, 2.45) is 0 Å². The second-order valence-electron chi connectivity index (χ2n) is 4.02. The number of carbonyl (C=O) groups excluding carboxylic acids is 1. The summed E-state index contributed by atoms with van der Waals surface area (Å²) < 4.78 is 0. The van der Waals surface area contributed by atoms with Gasteiger partial charge in [0.25, 0.3) is 0 Å². The molecule has 6 nitrogen and oxygen atoms in total. The number of nitrogens with zero attached hydrogens (tertiary/aromatic N) is 1. The van der Waals surface area contributed by atoms with Crippen molar-refractivity contribution in [3.63, 3.8) is 0 Å². The fourth-order valence-corrected chi connectivity index (χ4v) is 1.94. The van der Waals surface area contributed by atoms with E-state index in [1.165, 1.54) is 12.1 Å². The van der Waals surface area contributed by atoms with Crippen LogP contribution in [0.3, 0.4) is 0 Å². The maximum absolute atomic E-state index is 11.0. The van der Waals surface area contributed by atoms with Gasteiger partial charge in [-0.2, -0.15) is 0 Å². The molecule has 2 heterocycles. The Morgan fingerprint density at radius 2 is 2.39 bits per heavy atom. The minimum atomic E-state index is -1.07. The monoisotopic (exact) mass is 269 g/mol. The summed E-state index contributed by atoms with van der Waals surface area (Å²) in [6, 6.07) is 2.82. The topological polar surface area (TPSA) is 91.3 Å². The van der Waals surface area contributed by atoms with Crippen molar-refractivity contribution in [3.8, 4) is 0 Å². The summed E-state index contributed by atoms with van der Waals surface area (Å²) in [4.78, 5) is 25.9. The molecule has 0 aromatic carbocycles. The number of hydrogen-bond acceptors (Lipinski definition) is 4. The van der Waals surface area contributed by atoms with Crippen LogP contribution in [-0.2, 0) is 4.79 Å². The van der Waals surface area contributed by atoms with Crippen molar-refractivity contribution < 1.29 is 14.7 Å². The number of pyridine rings is 1. The highest BCUT2D eigenvalue weighted by molar-refractivity contribution is 6.29. The Balaban J connectivity index is 2.06. The molecule has 1 aliphatic heterocycles. The van der Waals surface area contributed by atoms with Gasteiger partial charge < -0.3 is 15.7 Å². The first-order chi connectivity index (χ1) is 8.56. The van der Waals surface area contributed by atoms with Gasteiger partial charge in [0, 0.05) is 19.0 Å². The SMILES string of the molecule is O=C1CCC(CNc2nc(Cl)ccc2C(=O)O)N1. The number of nitrogens with one attached hydrogen (secondary N) is 2. The fraction of sp³-hybridized carbons (Fsp3) is 0.364. The summed E-state index contributed by atoms with van der Waals surface area (Å²) in [5, 5.41) is 14.9. The normalized spacial score (nSPS) is 18.5. The minimum Gasteiger partial charge on any atom is -0.478 e. The molecule has 1 aromatic heterocycles. The maximum Gasteiger partial charge on any atom is 0.339 e. The average Bonchev–Trinajstić information content (AvgIpc) is 2.72. The molecule has 2 rings (SSSR count). The molecule has 96 valence electrons. The number of anilines is 1. The summed E-state index contributed by atoms with van der Waals surface area (Å²) in [5.41, 5.74) is 0.0590. The van der Waals surface area contributed by atoms with Crippen LogP contribution >= 0.6 is 11.6 Å². The van der Waals surface area contributed by atoms with E-state index in [1.54, 1.807) is 0 Å². The zero-order chi connectivity index (χ0) is 13.1. The molecule has 0 aliphatic carbocycles. The lowest BCUT2D eigenvalue weighted by molar-refractivity contribution is -0.119. The van der Waals surface area contributed by atoms with Gasteiger partial charge in [-0.25, -0.2) is 9.78 Å². The Labute approximate surface area is 108 Å². The van der Waals surface area contributed by atoms with E-state index < -0.39 is 5.97 Å². The number of aromatic carboxylic acids is 1. The second-order valence-corrected chi connectivity index (χ2v) is 4.41. The third kappa shape index (κ3) is 2.89. The molecular weight excluding hydrogens is 258 g/mol.